The lowest BCUT2D eigenvalue weighted by atomic mass is 9.44. The number of nitrogens with zero attached hydrogens (tertiary/aromatic N) is 1. The van der Waals surface area contributed by atoms with Crippen molar-refractivity contribution in [3.8, 4) is 0 Å². The van der Waals surface area contributed by atoms with Crippen LogP contribution in [0.2, 0.25) is 0 Å². The molecule has 0 radical (unpaired) electrons. The number of Topliss-reactive ketones (excluding diaryl/α,β-unsaturated/α-hetero) is 1. The molecule has 0 aromatic heterocycles. The van der Waals surface area contributed by atoms with Crippen LogP contribution in [0.3, 0.4) is 0 Å². The largest absolute Gasteiger partial charge is 0.508 e. The molecule has 3 fully saturated rings. The summed E-state index contributed by atoms with van der Waals surface area (Å²) in [5.74, 6) is -4.81. The Morgan fingerprint density at radius 2 is 1.79 bits per heavy atom. The van der Waals surface area contributed by atoms with Crippen molar-refractivity contribution >= 4 is 29.8 Å². The number of ketones is 2. The second-order valence-electron chi connectivity index (χ2n) is 13.0. The normalized spacial score (nSPS) is 35.5. The first-order valence-electron chi connectivity index (χ1n) is 15.4. The number of carboxylic acids is 1. The molecule has 5 N–H and O–H groups in total. The maximum Gasteiger partial charge on any atom is 0.508 e. The van der Waals surface area contributed by atoms with E-state index in [9.17, 15) is 54.5 Å². The summed E-state index contributed by atoms with van der Waals surface area (Å²) in [5.41, 5.74) is -7.23. The Kier molecular flexibility index (Phi) is 10.5. The van der Waals surface area contributed by atoms with E-state index in [4.69, 9.17) is 9.47 Å². The van der Waals surface area contributed by atoms with E-state index in [0.717, 1.165) is 0 Å². The molecule has 4 aliphatic rings. The molecular weight excluding hydrogens is 647 g/mol. The van der Waals surface area contributed by atoms with Gasteiger partial charge < -0.3 is 44.8 Å². The third-order valence-electron chi connectivity index (χ3n) is 10.5. The van der Waals surface area contributed by atoms with Crippen molar-refractivity contribution in [3.63, 3.8) is 0 Å². The number of hydrogen-bond acceptors (Lipinski definition) is 14. The molecule has 17 nitrogen and oxygen atoms in total. The minimum atomic E-state index is -2.58. The summed E-state index contributed by atoms with van der Waals surface area (Å²) in [4.78, 5) is 75.4. The molecule has 1 amide bonds. The molecule has 0 aliphatic heterocycles. The van der Waals surface area contributed by atoms with Gasteiger partial charge in [-0.2, -0.15) is 0 Å². The first-order valence-corrected chi connectivity index (χ1v) is 15.4. The zero-order chi connectivity index (χ0) is 35.7. The minimum Gasteiger partial charge on any atom is -0.480 e. The molecule has 0 saturated heterocycles. The zero-order valence-corrected chi connectivity index (χ0v) is 26.3. The van der Waals surface area contributed by atoms with Gasteiger partial charge in [0.2, 0.25) is 5.78 Å². The summed E-state index contributed by atoms with van der Waals surface area (Å²) in [5, 5.41) is 54.6. The van der Waals surface area contributed by atoms with Gasteiger partial charge in [0.1, 0.15) is 6.61 Å². The Labute approximate surface area is 273 Å². The van der Waals surface area contributed by atoms with Gasteiger partial charge in [0.25, 0.3) is 5.09 Å². The summed E-state index contributed by atoms with van der Waals surface area (Å²) >= 11 is 0. The fourth-order valence-corrected chi connectivity index (χ4v) is 8.02. The van der Waals surface area contributed by atoms with E-state index >= 15 is 4.39 Å². The third-order valence-corrected chi connectivity index (χ3v) is 10.5. The summed E-state index contributed by atoms with van der Waals surface area (Å²) < 4.78 is 31.5. The molecule has 9 atom stereocenters. The molecule has 4 aliphatic carbocycles. The molecule has 48 heavy (non-hydrogen) atoms. The van der Waals surface area contributed by atoms with E-state index < -0.39 is 101 Å². The lowest BCUT2D eigenvalue weighted by Crippen LogP contribution is -2.69. The highest BCUT2D eigenvalue weighted by molar-refractivity contribution is 6.01. The number of ether oxygens (including phenoxy) is 3. The lowest BCUT2D eigenvalue weighted by molar-refractivity contribution is -0.757. The van der Waals surface area contributed by atoms with Crippen molar-refractivity contribution in [2.45, 2.75) is 81.9 Å². The summed E-state index contributed by atoms with van der Waals surface area (Å²) in [7, 11) is 0. The van der Waals surface area contributed by atoms with E-state index in [1.165, 1.54) is 25.2 Å². The van der Waals surface area contributed by atoms with E-state index in [1.54, 1.807) is 6.92 Å². The number of carbonyl (C=O) groups is 5. The number of carboxylic acid groups (broad SMARTS) is 1. The van der Waals surface area contributed by atoms with Crippen LogP contribution >= 0.6 is 0 Å². The number of rotatable bonds is 13. The summed E-state index contributed by atoms with van der Waals surface area (Å²) in [6.07, 6.45) is -1.91. The second kappa shape index (κ2) is 13.8. The van der Waals surface area contributed by atoms with Crippen molar-refractivity contribution in [1.29, 1.82) is 0 Å². The average Bonchev–Trinajstić information content (AvgIpc) is 3.21. The van der Waals surface area contributed by atoms with Crippen LogP contribution in [0.4, 0.5) is 14.0 Å². The molecule has 0 spiro atoms. The SMILES string of the molecule is C[C@]12C=CC(=O)C=C1CC[C@H]1[C@@H]3C[C@@H](O)[C@](O)(C(=O)COC(=O)NC(COC(=O)OCCCCO[N+](=O)[O-])C(=O)O)[C@@]3(C)C[C@H](O)[C@@]12F. The van der Waals surface area contributed by atoms with E-state index in [2.05, 4.69) is 9.57 Å². The summed E-state index contributed by atoms with van der Waals surface area (Å²) in [6.45, 7) is 0.566. The zero-order valence-electron chi connectivity index (χ0n) is 26.3. The molecule has 0 bridgehead atoms. The quantitative estimate of drug-likeness (QED) is 0.0782. The highest BCUT2D eigenvalue weighted by Crippen LogP contribution is 2.69. The number of carbonyl (C=O) groups excluding carboxylic acids is 4. The first kappa shape index (κ1) is 36.7. The van der Waals surface area contributed by atoms with Gasteiger partial charge in [0.05, 0.1) is 25.4 Å². The standard InChI is InChI=1S/C30H39FN2O15/c1-27-8-7-17(34)11-16(27)5-6-18-19-12-21(35)30(42,28(19,2)13-22(36)29(18,27)31)23(37)15-46-25(40)32-20(24(38)39)14-47-26(41)45-9-3-4-10-48-33(43)44/h7-8,11,18-22,35-36,42H,3-6,9-10,12-15H2,1-2H3,(H,32,40)(H,38,39)/t18-,19-,20?,21+,22-,27-,28-,29-,30-/m0/s1. The molecule has 3 saturated carbocycles. The number of halogens is 1. The van der Waals surface area contributed by atoms with Gasteiger partial charge in [-0.1, -0.05) is 18.6 Å². The van der Waals surface area contributed by atoms with Crippen LogP contribution in [0.15, 0.2) is 23.8 Å². The van der Waals surface area contributed by atoms with E-state index in [-0.39, 0.29) is 44.7 Å². The molecule has 1 unspecified atom stereocenters. The van der Waals surface area contributed by atoms with E-state index in [0.29, 0.717) is 12.0 Å². The number of amides is 1. The van der Waals surface area contributed by atoms with Crippen LogP contribution < -0.4 is 5.32 Å². The van der Waals surface area contributed by atoms with Crippen LogP contribution in [0.25, 0.3) is 0 Å². The maximum atomic E-state index is 17.2. The number of aliphatic hydroxyl groups excluding tert-OH is 2. The van der Waals surface area contributed by atoms with Crippen molar-refractivity contribution in [2.24, 2.45) is 22.7 Å². The number of alkyl halides is 1. The fraction of sp³-hybridized carbons (Fsp3) is 0.700. The molecule has 0 heterocycles. The molecule has 4 rings (SSSR count). The molecule has 266 valence electrons. The Hall–Kier alpha value is -4.16. The van der Waals surface area contributed by atoms with Crippen LogP contribution in [0.5, 0.6) is 0 Å². The minimum absolute atomic E-state index is 0.177. The van der Waals surface area contributed by atoms with Crippen molar-refractivity contribution < 1.29 is 72.9 Å². The topological polar surface area (TPSA) is 258 Å². The Balaban J connectivity index is 1.35. The van der Waals surface area contributed by atoms with E-state index in [1.807, 2.05) is 5.32 Å². The molecule has 0 aromatic carbocycles. The van der Waals surface area contributed by atoms with Gasteiger partial charge in [-0.3, -0.25) is 9.59 Å². The number of fused-ring (bicyclic) bond motifs is 5. The fourth-order valence-electron chi connectivity index (χ4n) is 8.02. The predicted molar refractivity (Wildman–Crippen MR) is 155 cm³/mol. The number of unbranched alkanes of at least 4 members (excludes halogenated alkanes) is 1. The van der Waals surface area contributed by atoms with Gasteiger partial charge in [-0.25, -0.2) is 18.8 Å². The lowest BCUT2D eigenvalue weighted by Gasteiger charge is -2.62. The number of allylic oxidation sites excluding steroid dienone is 4. The van der Waals surface area contributed by atoms with Gasteiger partial charge in [-0.05, 0) is 63.5 Å². The Morgan fingerprint density at radius 1 is 1.10 bits per heavy atom. The van der Waals surface area contributed by atoms with Crippen molar-refractivity contribution in [2.75, 3.05) is 26.4 Å². The number of aliphatic carboxylic acids is 1. The highest BCUT2D eigenvalue weighted by Gasteiger charge is 2.76. The Bertz CT molecular complexity index is 1400. The van der Waals surface area contributed by atoms with Gasteiger partial charge in [-0.15, -0.1) is 10.1 Å². The van der Waals surface area contributed by atoms with Crippen LogP contribution in [-0.2, 0) is 33.4 Å². The number of alkyl carbamates (subject to hydrolysis) is 1. The molecular formula is C30H39FN2O15. The summed E-state index contributed by atoms with van der Waals surface area (Å²) in [6, 6.07) is -1.85. The third kappa shape index (κ3) is 6.35. The van der Waals surface area contributed by atoms with Crippen LogP contribution in [0.1, 0.15) is 52.4 Å². The first-order chi connectivity index (χ1) is 22.4. The smallest absolute Gasteiger partial charge is 0.480 e. The number of aliphatic hydroxyl groups is 3. The van der Waals surface area contributed by atoms with Crippen molar-refractivity contribution in [1.82, 2.24) is 5.32 Å². The molecule has 0 aromatic rings. The van der Waals surface area contributed by atoms with Crippen LogP contribution in [-0.4, -0.2) is 111 Å². The van der Waals surface area contributed by atoms with Crippen molar-refractivity contribution in [3.05, 3.63) is 33.9 Å². The number of hydrogen-bond donors (Lipinski definition) is 5. The van der Waals surface area contributed by atoms with Crippen LogP contribution in [0, 0.1) is 32.8 Å². The Morgan fingerprint density at radius 3 is 2.46 bits per heavy atom. The molecule has 18 heteroatoms. The second-order valence-corrected chi connectivity index (χ2v) is 13.0. The number of nitrogens with one attached hydrogen (secondary N) is 1. The van der Waals surface area contributed by atoms with Gasteiger partial charge >= 0.3 is 18.2 Å². The monoisotopic (exact) mass is 686 g/mol. The predicted octanol–water partition coefficient (Wildman–Crippen LogP) is 0.949. The highest BCUT2D eigenvalue weighted by atomic mass is 19.1. The maximum absolute atomic E-state index is 17.2. The van der Waals surface area contributed by atoms with Gasteiger partial charge in [0, 0.05) is 16.7 Å². The average molecular weight is 687 g/mol. The van der Waals surface area contributed by atoms with Gasteiger partial charge in [0.15, 0.2) is 29.7 Å².